The molecule has 4 rings (SSSR count). The third kappa shape index (κ3) is 2.75. The van der Waals surface area contributed by atoms with Crippen molar-refractivity contribution in [2.75, 3.05) is 5.75 Å². The van der Waals surface area contributed by atoms with Gasteiger partial charge in [0.1, 0.15) is 0 Å². The molecule has 0 radical (unpaired) electrons. The predicted octanol–water partition coefficient (Wildman–Crippen LogP) is 4.18. The molecule has 3 nitrogen and oxygen atoms in total. The lowest BCUT2D eigenvalue weighted by Crippen LogP contribution is -2.26. The van der Waals surface area contributed by atoms with Gasteiger partial charge in [-0.1, -0.05) is 67.1 Å². The van der Waals surface area contributed by atoms with Crippen LogP contribution in [0.15, 0.2) is 52.6 Å². The smallest absolute Gasteiger partial charge is 0.177 e. The van der Waals surface area contributed by atoms with Gasteiger partial charge in [0.15, 0.2) is 5.17 Å². The molecule has 2 aliphatic rings. The van der Waals surface area contributed by atoms with Gasteiger partial charge >= 0.3 is 0 Å². The average molecular weight is 309 g/mol. The van der Waals surface area contributed by atoms with E-state index in [0.717, 1.165) is 16.6 Å². The molecule has 4 heteroatoms. The van der Waals surface area contributed by atoms with Gasteiger partial charge in [-0.2, -0.15) is 5.10 Å². The van der Waals surface area contributed by atoms with Gasteiger partial charge in [0.25, 0.3) is 0 Å². The highest BCUT2D eigenvalue weighted by Crippen LogP contribution is 2.25. The number of aliphatic imine (C=N–C) groups is 1. The zero-order valence-corrected chi connectivity index (χ0v) is 13.3. The van der Waals surface area contributed by atoms with Crippen molar-refractivity contribution in [3.05, 3.63) is 48.0 Å². The zero-order valence-electron chi connectivity index (χ0n) is 12.5. The van der Waals surface area contributed by atoms with Crippen LogP contribution in [-0.2, 0) is 0 Å². The van der Waals surface area contributed by atoms with Crippen LogP contribution in [-0.4, -0.2) is 22.7 Å². The number of hydrogen-bond acceptors (Lipinski definition) is 3. The Morgan fingerprint density at radius 2 is 1.86 bits per heavy atom. The molecule has 2 aromatic carbocycles. The van der Waals surface area contributed by atoms with E-state index in [1.165, 1.54) is 42.0 Å². The van der Waals surface area contributed by atoms with E-state index in [2.05, 4.69) is 53.0 Å². The minimum absolute atomic E-state index is 0.504. The second-order valence-electron chi connectivity index (χ2n) is 5.86. The highest BCUT2D eigenvalue weighted by Gasteiger charge is 2.18. The Labute approximate surface area is 134 Å². The van der Waals surface area contributed by atoms with Crippen molar-refractivity contribution in [1.29, 1.82) is 0 Å². The summed E-state index contributed by atoms with van der Waals surface area (Å²) in [5.41, 5.74) is 5.48. The van der Waals surface area contributed by atoms with E-state index in [1.807, 2.05) is 0 Å². The lowest BCUT2D eigenvalue weighted by molar-refractivity contribution is 0.703. The molecule has 0 saturated heterocycles. The summed E-state index contributed by atoms with van der Waals surface area (Å²) in [6.07, 6.45) is 5.09. The molecular weight excluding hydrogens is 290 g/mol. The largest absolute Gasteiger partial charge is 0.258 e. The van der Waals surface area contributed by atoms with E-state index in [0.29, 0.717) is 6.04 Å². The maximum absolute atomic E-state index is 4.79. The summed E-state index contributed by atoms with van der Waals surface area (Å²) in [6.45, 7) is 0. The van der Waals surface area contributed by atoms with Gasteiger partial charge in [0.05, 0.1) is 11.8 Å². The molecule has 2 aromatic rings. The van der Waals surface area contributed by atoms with Crippen LogP contribution in [0.1, 0.15) is 31.2 Å². The Balaban J connectivity index is 1.60. The van der Waals surface area contributed by atoms with Gasteiger partial charge in [0.2, 0.25) is 0 Å². The molecule has 1 aliphatic heterocycles. The molecular formula is C18H19N3S. The van der Waals surface area contributed by atoms with E-state index in [1.54, 1.807) is 11.8 Å². The van der Waals surface area contributed by atoms with Gasteiger partial charge in [0, 0.05) is 11.3 Å². The molecule has 1 N–H and O–H groups in total. The van der Waals surface area contributed by atoms with Gasteiger partial charge in [-0.25, -0.2) is 0 Å². The van der Waals surface area contributed by atoms with Crippen LogP contribution in [0.4, 0.5) is 0 Å². The molecule has 22 heavy (non-hydrogen) atoms. The van der Waals surface area contributed by atoms with Gasteiger partial charge in [-0.15, -0.1) is 0 Å². The van der Waals surface area contributed by atoms with E-state index in [-0.39, 0.29) is 0 Å². The van der Waals surface area contributed by atoms with Crippen LogP contribution >= 0.6 is 11.8 Å². The van der Waals surface area contributed by atoms with Crippen LogP contribution < -0.4 is 5.43 Å². The quantitative estimate of drug-likeness (QED) is 0.903. The Bertz CT molecular complexity index is 740. The number of benzene rings is 2. The third-order valence-electron chi connectivity index (χ3n) is 4.36. The summed E-state index contributed by atoms with van der Waals surface area (Å²) in [6, 6.07) is 15.4. The molecule has 0 bridgehead atoms. The normalized spacial score (nSPS) is 21.1. The molecule has 0 unspecified atom stereocenters. The number of thioether (sulfide) groups is 1. The Morgan fingerprint density at radius 3 is 2.68 bits per heavy atom. The monoisotopic (exact) mass is 309 g/mol. The maximum atomic E-state index is 4.79. The first-order valence-corrected chi connectivity index (χ1v) is 8.90. The minimum Gasteiger partial charge on any atom is -0.258 e. The lowest BCUT2D eigenvalue weighted by Gasteiger charge is -2.17. The van der Waals surface area contributed by atoms with E-state index in [9.17, 15) is 0 Å². The van der Waals surface area contributed by atoms with Gasteiger partial charge in [-0.3, -0.25) is 10.4 Å². The third-order valence-corrected chi connectivity index (χ3v) is 5.25. The second-order valence-corrected chi connectivity index (χ2v) is 6.82. The summed E-state index contributed by atoms with van der Waals surface area (Å²) >= 11 is 1.77. The summed E-state index contributed by atoms with van der Waals surface area (Å²) in [5, 5.41) is 8.10. The van der Waals surface area contributed by atoms with Crippen molar-refractivity contribution in [3.63, 3.8) is 0 Å². The predicted molar refractivity (Wildman–Crippen MR) is 95.8 cm³/mol. The molecule has 0 aromatic heterocycles. The van der Waals surface area contributed by atoms with Crippen molar-refractivity contribution in [2.45, 2.75) is 31.7 Å². The van der Waals surface area contributed by atoms with Crippen molar-refractivity contribution in [2.24, 2.45) is 10.1 Å². The molecule has 0 spiro atoms. The Hall–Kier alpha value is -1.81. The average Bonchev–Trinajstić information content (AvgIpc) is 3.08. The Kier molecular flexibility index (Phi) is 3.85. The van der Waals surface area contributed by atoms with Crippen molar-refractivity contribution >= 4 is 33.4 Å². The fourth-order valence-electron chi connectivity index (χ4n) is 3.20. The summed E-state index contributed by atoms with van der Waals surface area (Å²) in [4.78, 5) is 4.79. The number of hydrogen-bond donors (Lipinski definition) is 1. The fourth-order valence-corrected chi connectivity index (χ4v) is 4.02. The first-order chi connectivity index (χ1) is 10.9. The van der Waals surface area contributed by atoms with E-state index >= 15 is 0 Å². The summed E-state index contributed by atoms with van der Waals surface area (Å²) < 4.78 is 0. The number of nitrogens with zero attached hydrogens (tertiary/aromatic N) is 2. The van der Waals surface area contributed by atoms with E-state index in [4.69, 9.17) is 4.99 Å². The number of rotatable bonds is 2. The maximum Gasteiger partial charge on any atom is 0.177 e. The molecule has 112 valence electrons. The lowest BCUT2D eigenvalue weighted by atomic mass is 10.0. The Morgan fingerprint density at radius 1 is 1.05 bits per heavy atom. The topological polar surface area (TPSA) is 36.8 Å². The first kappa shape index (κ1) is 13.8. The van der Waals surface area contributed by atoms with Crippen molar-refractivity contribution < 1.29 is 0 Å². The standard InChI is InChI=1S/C18H19N3S/c1-4-10-15-13(6-1)7-5-11-16(15)17-12-22-18(21-20-17)19-14-8-2-3-9-14/h1,4-7,10-11,14H,2-3,8-9,12H2,(H,19,21). The summed E-state index contributed by atoms with van der Waals surface area (Å²) in [5.74, 6) is 0.882. The minimum atomic E-state index is 0.504. The van der Waals surface area contributed by atoms with Crippen molar-refractivity contribution in [3.8, 4) is 0 Å². The molecule has 0 amide bonds. The summed E-state index contributed by atoms with van der Waals surface area (Å²) in [7, 11) is 0. The molecule has 1 aliphatic carbocycles. The van der Waals surface area contributed by atoms with Crippen LogP contribution in [0.2, 0.25) is 0 Å². The number of nitrogens with one attached hydrogen (secondary N) is 1. The highest BCUT2D eigenvalue weighted by atomic mass is 32.2. The second kappa shape index (κ2) is 6.13. The highest BCUT2D eigenvalue weighted by molar-refractivity contribution is 8.14. The number of fused-ring (bicyclic) bond motifs is 1. The molecule has 0 atom stereocenters. The fraction of sp³-hybridized carbons (Fsp3) is 0.333. The molecule has 1 saturated carbocycles. The van der Waals surface area contributed by atoms with Crippen LogP contribution in [0.3, 0.4) is 0 Å². The zero-order chi connectivity index (χ0) is 14.8. The van der Waals surface area contributed by atoms with Gasteiger partial charge in [-0.05, 0) is 23.6 Å². The van der Waals surface area contributed by atoms with Gasteiger partial charge < -0.3 is 0 Å². The van der Waals surface area contributed by atoms with E-state index < -0.39 is 0 Å². The first-order valence-electron chi connectivity index (χ1n) is 7.91. The van der Waals surface area contributed by atoms with Crippen LogP contribution in [0.5, 0.6) is 0 Å². The SMILES string of the molecule is c1ccc2c(C3=NNC(=NC4CCCC4)SC3)cccc2c1. The molecule has 1 heterocycles. The van der Waals surface area contributed by atoms with Crippen LogP contribution in [0.25, 0.3) is 10.8 Å². The number of amidine groups is 1. The van der Waals surface area contributed by atoms with Crippen LogP contribution in [0, 0.1) is 0 Å². The molecule has 1 fully saturated rings. The number of hydrazone groups is 1. The van der Waals surface area contributed by atoms with Crippen molar-refractivity contribution in [1.82, 2.24) is 5.43 Å².